The first-order valence-corrected chi connectivity index (χ1v) is 2.26. The molecule has 0 aliphatic heterocycles. The van der Waals surface area contributed by atoms with Crippen LogP contribution in [-0.4, -0.2) is 12.6 Å². The van der Waals surface area contributed by atoms with Crippen molar-refractivity contribution in [2.75, 3.05) is 6.67 Å². The lowest BCUT2D eigenvalue weighted by atomic mass is 10.3. The van der Waals surface area contributed by atoms with E-state index >= 15 is 0 Å². The lowest BCUT2D eigenvalue weighted by molar-refractivity contribution is -0.144. The molecule has 4 heteroatoms. The maximum Gasteiger partial charge on any atom is 0.324 e. The molecule has 0 fully saturated rings. The van der Waals surface area contributed by atoms with Crippen LogP contribution >= 0.6 is 0 Å². The molecule has 3 nitrogen and oxygen atoms in total. The predicted octanol–water partition coefficient (Wildman–Crippen LogP) is 0.153. The normalized spacial score (nSPS) is 8.75. The summed E-state index contributed by atoms with van der Waals surface area (Å²) in [7, 11) is 0. The molecule has 48 valence electrons. The number of hydrogen-bond acceptors (Lipinski definition) is 3. The highest BCUT2D eigenvalue weighted by Crippen LogP contribution is 1.89. The largest absolute Gasteiger partial charge is 0.373 e. The van der Waals surface area contributed by atoms with E-state index in [4.69, 9.17) is 0 Å². The molecular formula is C4H8FNO2. The van der Waals surface area contributed by atoms with Crippen LogP contribution in [0.25, 0.3) is 0 Å². The molecular weight excluding hydrogens is 113 g/mol. The van der Waals surface area contributed by atoms with Crippen LogP contribution in [0, 0.1) is 0 Å². The highest BCUT2D eigenvalue weighted by atomic mass is 19.1. The summed E-state index contributed by atoms with van der Waals surface area (Å²) in [5.41, 5.74) is 0. The number of nitrogens with two attached hydrogens (primary N) is 1. The van der Waals surface area contributed by atoms with Crippen LogP contribution in [0.4, 0.5) is 4.39 Å². The number of hydrogen-bond donors (Lipinski definition) is 1. The molecule has 0 bridgehead atoms. The van der Waals surface area contributed by atoms with E-state index in [9.17, 15) is 9.18 Å². The van der Waals surface area contributed by atoms with Gasteiger partial charge in [-0.2, -0.15) is 5.90 Å². The highest BCUT2D eigenvalue weighted by molar-refractivity contribution is 5.68. The standard InChI is InChI=1S/C4H8FNO2/c5-3-1-2-4(7)8-6/h1-3,6H2. The Balaban J connectivity index is 2.99. The van der Waals surface area contributed by atoms with Crippen molar-refractivity contribution in [2.45, 2.75) is 12.8 Å². The Labute approximate surface area is 46.6 Å². The fourth-order valence-corrected chi connectivity index (χ4v) is 0.270. The summed E-state index contributed by atoms with van der Waals surface area (Å²) in [5, 5.41) is 0. The molecule has 0 aliphatic rings. The van der Waals surface area contributed by atoms with Crippen LogP contribution in [0.2, 0.25) is 0 Å². The number of carbonyl (C=O) groups is 1. The first-order chi connectivity index (χ1) is 3.81. The molecule has 0 aromatic heterocycles. The van der Waals surface area contributed by atoms with Gasteiger partial charge in [0.05, 0.1) is 6.67 Å². The van der Waals surface area contributed by atoms with E-state index in [2.05, 4.69) is 10.7 Å². The van der Waals surface area contributed by atoms with E-state index in [0.29, 0.717) is 0 Å². The van der Waals surface area contributed by atoms with E-state index in [-0.39, 0.29) is 12.8 Å². The molecule has 0 heterocycles. The summed E-state index contributed by atoms with van der Waals surface area (Å²) >= 11 is 0. The van der Waals surface area contributed by atoms with Crippen molar-refractivity contribution in [3.63, 3.8) is 0 Å². The molecule has 0 unspecified atom stereocenters. The van der Waals surface area contributed by atoms with Gasteiger partial charge in [0.1, 0.15) is 0 Å². The zero-order chi connectivity index (χ0) is 6.41. The van der Waals surface area contributed by atoms with E-state index in [0.717, 1.165) is 0 Å². The fraction of sp³-hybridized carbons (Fsp3) is 0.750. The molecule has 0 spiro atoms. The van der Waals surface area contributed by atoms with Gasteiger partial charge in [-0.3, -0.25) is 9.18 Å². The van der Waals surface area contributed by atoms with Crippen molar-refractivity contribution in [1.82, 2.24) is 0 Å². The Morgan fingerprint density at radius 3 is 2.75 bits per heavy atom. The second kappa shape index (κ2) is 4.52. The molecule has 0 saturated carbocycles. The maximum absolute atomic E-state index is 11.2. The Kier molecular flexibility index (Phi) is 4.16. The third-order valence-corrected chi connectivity index (χ3v) is 0.646. The smallest absolute Gasteiger partial charge is 0.324 e. The fourth-order valence-electron chi connectivity index (χ4n) is 0.270. The second-order valence-electron chi connectivity index (χ2n) is 1.28. The molecule has 0 rings (SSSR count). The van der Waals surface area contributed by atoms with E-state index in [1.165, 1.54) is 0 Å². The third-order valence-electron chi connectivity index (χ3n) is 0.646. The minimum absolute atomic E-state index is 0.0625. The molecule has 0 aromatic carbocycles. The third kappa shape index (κ3) is 3.55. The Bertz CT molecular complexity index is 76.4. The highest BCUT2D eigenvalue weighted by Gasteiger charge is 1.97. The summed E-state index contributed by atoms with van der Waals surface area (Å²) in [6.45, 7) is -0.505. The average molecular weight is 121 g/mol. The minimum Gasteiger partial charge on any atom is -0.373 e. The Morgan fingerprint density at radius 1 is 1.75 bits per heavy atom. The van der Waals surface area contributed by atoms with Gasteiger partial charge in [0, 0.05) is 6.42 Å². The molecule has 0 amide bonds. The average Bonchev–Trinajstić information content (AvgIpc) is 1.83. The van der Waals surface area contributed by atoms with Gasteiger partial charge in [-0.15, -0.1) is 0 Å². The zero-order valence-electron chi connectivity index (χ0n) is 4.39. The summed E-state index contributed by atoms with van der Waals surface area (Å²) in [4.78, 5) is 13.8. The van der Waals surface area contributed by atoms with Gasteiger partial charge in [-0.05, 0) is 6.42 Å². The van der Waals surface area contributed by atoms with Crippen LogP contribution in [0.1, 0.15) is 12.8 Å². The second-order valence-corrected chi connectivity index (χ2v) is 1.28. The van der Waals surface area contributed by atoms with Gasteiger partial charge in [-0.25, -0.2) is 0 Å². The summed E-state index contributed by atoms with van der Waals surface area (Å²) in [6, 6.07) is 0. The zero-order valence-corrected chi connectivity index (χ0v) is 4.39. The van der Waals surface area contributed by atoms with Crippen LogP contribution in [0.5, 0.6) is 0 Å². The molecule has 0 atom stereocenters. The molecule has 8 heavy (non-hydrogen) atoms. The SMILES string of the molecule is NOC(=O)CCCF. The Morgan fingerprint density at radius 2 is 2.38 bits per heavy atom. The van der Waals surface area contributed by atoms with Crippen LogP contribution < -0.4 is 5.90 Å². The maximum atomic E-state index is 11.2. The van der Waals surface area contributed by atoms with Crippen molar-refractivity contribution in [2.24, 2.45) is 5.90 Å². The topological polar surface area (TPSA) is 52.3 Å². The van der Waals surface area contributed by atoms with Gasteiger partial charge in [0.2, 0.25) is 0 Å². The van der Waals surface area contributed by atoms with Crippen LogP contribution in [-0.2, 0) is 9.63 Å². The number of rotatable bonds is 3. The quantitative estimate of drug-likeness (QED) is 0.541. The molecule has 0 radical (unpaired) electrons. The van der Waals surface area contributed by atoms with Crippen molar-refractivity contribution in [1.29, 1.82) is 0 Å². The van der Waals surface area contributed by atoms with E-state index in [1.54, 1.807) is 0 Å². The lowest BCUT2D eigenvalue weighted by Gasteiger charge is -1.91. The first-order valence-electron chi connectivity index (χ1n) is 2.26. The van der Waals surface area contributed by atoms with Gasteiger partial charge in [0.25, 0.3) is 0 Å². The van der Waals surface area contributed by atoms with Gasteiger partial charge in [0.15, 0.2) is 0 Å². The molecule has 2 N–H and O–H groups in total. The number of halogens is 1. The van der Waals surface area contributed by atoms with Crippen molar-refractivity contribution in [3.8, 4) is 0 Å². The molecule has 0 aliphatic carbocycles. The lowest BCUT2D eigenvalue weighted by Crippen LogP contribution is -2.09. The van der Waals surface area contributed by atoms with E-state index in [1.807, 2.05) is 0 Å². The monoisotopic (exact) mass is 121 g/mol. The van der Waals surface area contributed by atoms with Crippen molar-refractivity contribution >= 4 is 5.97 Å². The van der Waals surface area contributed by atoms with Gasteiger partial charge in [-0.1, -0.05) is 0 Å². The van der Waals surface area contributed by atoms with Crippen molar-refractivity contribution < 1.29 is 14.0 Å². The minimum atomic E-state index is -0.567. The van der Waals surface area contributed by atoms with Gasteiger partial charge >= 0.3 is 5.97 Å². The number of alkyl halides is 1. The summed E-state index contributed by atoms with van der Waals surface area (Å²) < 4.78 is 11.2. The summed E-state index contributed by atoms with van der Waals surface area (Å²) in [5.74, 6) is 3.87. The molecule has 0 aromatic rings. The Hall–Kier alpha value is -0.640. The molecule has 0 saturated heterocycles. The van der Waals surface area contributed by atoms with Crippen LogP contribution in [0.3, 0.4) is 0 Å². The van der Waals surface area contributed by atoms with Gasteiger partial charge < -0.3 is 4.84 Å². The van der Waals surface area contributed by atoms with E-state index < -0.39 is 12.6 Å². The summed E-state index contributed by atoms with van der Waals surface area (Å²) in [6.07, 6.45) is 0.253. The number of carbonyl (C=O) groups excluding carboxylic acids is 1. The van der Waals surface area contributed by atoms with Crippen LogP contribution in [0.15, 0.2) is 0 Å². The first kappa shape index (κ1) is 7.36. The van der Waals surface area contributed by atoms with Crippen molar-refractivity contribution in [3.05, 3.63) is 0 Å². The predicted molar refractivity (Wildman–Crippen MR) is 25.5 cm³/mol.